The van der Waals surface area contributed by atoms with E-state index in [1.165, 1.54) is 13.0 Å². The van der Waals surface area contributed by atoms with Gasteiger partial charge in [0.25, 0.3) is 0 Å². The first-order valence-corrected chi connectivity index (χ1v) is 5.88. The Kier molecular flexibility index (Phi) is 5.30. The van der Waals surface area contributed by atoms with Gasteiger partial charge in [0.15, 0.2) is 5.57 Å². The summed E-state index contributed by atoms with van der Waals surface area (Å²) in [6.45, 7) is 2.99. The molecule has 0 aliphatic carbocycles. The molecule has 1 aromatic rings. The Morgan fingerprint density at radius 1 is 1.40 bits per heavy atom. The van der Waals surface area contributed by atoms with Crippen LogP contribution in [0.3, 0.4) is 0 Å². The fourth-order valence-electron chi connectivity index (χ4n) is 1.52. The highest BCUT2D eigenvalue weighted by Gasteiger charge is 2.19. The van der Waals surface area contributed by atoms with Crippen LogP contribution in [0.25, 0.3) is 5.76 Å². The number of hydrogen-bond acceptors (Lipinski definition) is 5. The molecule has 20 heavy (non-hydrogen) atoms. The summed E-state index contributed by atoms with van der Waals surface area (Å²) in [5.74, 6) is -1.78. The fourth-order valence-corrected chi connectivity index (χ4v) is 1.52. The molecule has 0 saturated carbocycles. The number of rotatable bonds is 4. The zero-order chi connectivity index (χ0) is 15.1. The normalized spacial score (nSPS) is 11.1. The third kappa shape index (κ3) is 3.59. The third-order valence-corrected chi connectivity index (χ3v) is 2.32. The molecule has 0 aliphatic rings. The minimum absolute atomic E-state index is 0.0879. The van der Waals surface area contributed by atoms with E-state index >= 15 is 0 Å². The highest BCUT2D eigenvalue weighted by atomic mass is 16.5. The van der Waals surface area contributed by atoms with Crippen molar-refractivity contribution >= 4 is 23.3 Å². The van der Waals surface area contributed by atoms with Crippen molar-refractivity contribution in [3.63, 3.8) is 0 Å². The number of aliphatic hydroxyl groups excluding tert-OH is 1. The number of benzene rings is 1. The smallest absolute Gasteiger partial charge is 0.352 e. The summed E-state index contributed by atoms with van der Waals surface area (Å²) in [6.07, 6.45) is 0. The molecule has 0 bridgehead atoms. The van der Waals surface area contributed by atoms with Gasteiger partial charge in [-0.15, -0.1) is 0 Å². The van der Waals surface area contributed by atoms with Crippen LogP contribution in [0.1, 0.15) is 19.4 Å². The molecule has 104 valence electrons. The summed E-state index contributed by atoms with van der Waals surface area (Å²) in [4.78, 5) is 22.7. The van der Waals surface area contributed by atoms with E-state index in [9.17, 15) is 14.7 Å². The Balaban J connectivity index is 3.31. The Hall–Kier alpha value is -2.81. The molecule has 0 atom stereocenters. The van der Waals surface area contributed by atoms with Gasteiger partial charge in [-0.05, 0) is 19.1 Å². The van der Waals surface area contributed by atoms with Crippen molar-refractivity contribution in [1.82, 2.24) is 0 Å². The largest absolute Gasteiger partial charge is 0.506 e. The number of aliphatic hydroxyl groups is 1. The van der Waals surface area contributed by atoms with Crippen molar-refractivity contribution in [2.24, 2.45) is 0 Å². The lowest BCUT2D eigenvalue weighted by molar-refractivity contribution is -0.138. The number of nitrogens with one attached hydrogen (secondary N) is 1. The molecule has 0 fully saturated rings. The van der Waals surface area contributed by atoms with Gasteiger partial charge in [0.1, 0.15) is 11.8 Å². The zero-order valence-electron chi connectivity index (χ0n) is 11.1. The van der Waals surface area contributed by atoms with Crippen molar-refractivity contribution in [3.8, 4) is 6.07 Å². The number of ether oxygens (including phenoxy) is 1. The topological polar surface area (TPSA) is 99.4 Å². The van der Waals surface area contributed by atoms with Gasteiger partial charge in [-0.3, -0.25) is 4.79 Å². The number of amides is 1. The van der Waals surface area contributed by atoms with Gasteiger partial charge in [0, 0.05) is 12.5 Å². The van der Waals surface area contributed by atoms with Gasteiger partial charge in [0.2, 0.25) is 5.91 Å². The molecule has 0 heterocycles. The molecule has 1 rings (SSSR count). The monoisotopic (exact) mass is 274 g/mol. The van der Waals surface area contributed by atoms with E-state index in [-0.39, 0.29) is 18.1 Å². The predicted molar refractivity (Wildman–Crippen MR) is 72.5 cm³/mol. The molecule has 0 aromatic heterocycles. The predicted octanol–water partition coefficient (Wildman–Crippen LogP) is 2.00. The molecule has 0 unspecified atom stereocenters. The number of para-hydroxylation sites is 1. The molecule has 0 aliphatic heterocycles. The number of anilines is 1. The number of hydrogen-bond donors (Lipinski definition) is 2. The van der Waals surface area contributed by atoms with Crippen molar-refractivity contribution < 1.29 is 19.4 Å². The average molecular weight is 274 g/mol. The van der Waals surface area contributed by atoms with E-state index in [1.54, 1.807) is 31.2 Å². The zero-order valence-corrected chi connectivity index (χ0v) is 11.1. The lowest BCUT2D eigenvalue weighted by atomic mass is 10.1. The van der Waals surface area contributed by atoms with E-state index < -0.39 is 17.3 Å². The lowest BCUT2D eigenvalue weighted by Crippen LogP contribution is -2.11. The minimum Gasteiger partial charge on any atom is -0.506 e. The van der Waals surface area contributed by atoms with Crippen molar-refractivity contribution in [2.45, 2.75) is 13.8 Å². The molecule has 6 heteroatoms. The minimum atomic E-state index is -0.912. The molecule has 1 amide bonds. The molecule has 2 N–H and O–H groups in total. The van der Waals surface area contributed by atoms with Crippen LogP contribution in [0.5, 0.6) is 0 Å². The first-order valence-electron chi connectivity index (χ1n) is 5.88. The Bertz CT molecular complexity index is 599. The summed E-state index contributed by atoms with van der Waals surface area (Å²) in [5, 5.41) is 21.6. The van der Waals surface area contributed by atoms with Crippen LogP contribution in [0.15, 0.2) is 29.8 Å². The number of nitriles is 1. The van der Waals surface area contributed by atoms with E-state index in [1.807, 2.05) is 0 Å². The van der Waals surface area contributed by atoms with Gasteiger partial charge in [0.05, 0.1) is 12.3 Å². The maximum absolute atomic E-state index is 11.6. The van der Waals surface area contributed by atoms with Gasteiger partial charge in [-0.1, -0.05) is 12.1 Å². The number of nitrogens with zero attached hydrogens (tertiary/aromatic N) is 1. The number of esters is 1. The van der Waals surface area contributed by atoms with Gasteiger partial charge in [-0.2, -0.15) is 5.26 Å². The van der Waals surface area contributed by atoms with Crippen LogP contribution in [-0.2, 0) is 14.3 Å². The molecular weight excluding hydrogens is 260 g/mol. The molecule has 0 spiro atoms. The molecule has 6 nitrogen and oxygen atoms in total. The summed E-state index contributed by atoms with van der Waals surface area (Å²) >= 11 is 0. The Morgan fingerprint density at radius 2 is 2.05 bits per heavy atom. The fraction of sp³-hybridized carbons (Fsp3) is 0.214. The number of carbonyl (C=O) groups is 2. The second kappa shape index (κ2) is 6.95. The van der Waals surface area contributed by atoms with Crippen LogP contribution in [0.2, 0.25) is 0 Å². The van der Waals surface area contributed by atoms with Gasteiger partial charge < -0.3 is 15.2 Å². The quantitative estimate of drug-likeness (QED) is 0.378. The van der Waals surface area contributed by atoms with Crippen molar-refractivity contribution in [1.29, 1.82) is 5.26 Å². The van der Waals surface area contributed by atoms with E-state index in [0.29, 0.717) is 5.69 Å². The third-order valence-electron chi connectivity index (χ3n) is 2.32. The summed E-state index contributed by atoms with van der Waals surface area (Å²) < 4.78 is 4.69. The maximum Gasteiger partial charge on any atom is 0.352 e. The maximum atomic E-state index is 11.6. The highest BCUT2D eigenvalue weighted by molar-refractivity contribution is 6.02. The molecule has 0 radical (unpaired) electrons. The van der Waals surface area contributed by atoms with Crippen LogP contribution < -0.4 is 5.32 Å². The SMILES string of the molecule is CCOC(=O)/C(C#N)=C(\O)c1ccccc1NC(C)=O. The highest BCUT2D eigenvalue weighted by Crippen LogP contribution is 2.24. The average Bonchev–Trinajstić information content (AvgIpc) is 2.39. The van der Waals surface area contributed by atoms with Crippen molar-refractivity contribution in [2.75, 3.05) is 11.9 Å². The van der Waals surface area contributed by atoms with Crippen LogP contribution in [0, 0.1) is 11.3 Å². The molecular formula is C14H14N2O4. The van der Waals surface area contributed by atoms with Crippen molar-refractivity contribution in [3.05, 3.63) is 35.4 Å². The van der Waals surface area contributed by atoms with E-state index in [2.05, 4.69) is 5.32 Å². The first-order chi connectivity index (χ1) is 9.51. The molecule has 0 saturated heterocycles. The van der Waals surface area contributed by atoms with Gasteiger partial charge >= 0.3 is 5.97 Å². The molecule has 1 aromatic carbocycles. The summed E-state index contributed by atoms with van der Waals surface area (Å²) in [6, 6.07) is 7.90. The summed E-state index contributed by atoms with van der Waals surface area (Å²) in [7, 11) is 0. The van der Waals surface area contributed by atoms with E-state index in [4.69, 9.17) is 10.00 Å². The van der Waals surface area contributed by atoms with Crippen LogP contribution >= 0.6 is 0 Å². The standard InChI is InChI=1S/C14H14N2O4/c1-3-20-14(19)11(8-15)13(18)10-6-4-5-7-12(10)16-9(2)17/h4-7,18H,3H2,1-2H3,(H,16,17)/b13-11-. The second-order valence-corrected chi connectivity index (χ2v) is 3.78. The Morgan fingerprint density at radius 3 is 2.60 bits per heavy atom. The second-order valence-electron chi connectivity index (χ2n) is 3.78. The lowest BCUT2D eigenvalue weighted by Gasteiger charge is -2.10. The summed E-state index contributed by atoms with van der Waals surface area (Å²) in [5.41, 5.74) is -0.0356. The first kappa shape index (κ1) is 15.2. The van der Waals surface area contributed by atoms with E-state index in [0.717, 1.165) is 0 Å². The number of carbonyl (C=O) groups excluding carboxylic acids is 2. The van der Waals surface area contributed by atoms with Gasteiger partial charge in [-0.25, -0.2) is 4.79 Å². The van der Waals surface area contributed by atoms with Crippen LogP contribution in [0.4, 0.5) is 5.69 Å². The Labute approximate surface area is 116 Å². The van der Waals surface area contributed by atoms with Crippen LogP contribution in [-0.4, -0.2) is 23.6 Å².